The van der Waals surface area contributed by atoms with Gasteiger partial charge in [0.2, 0.25) is 0 Å². The van der Waals surface area contributed by atoms with Crippen LogP contribution in [0.15, 0.2) is 29.3 Å². The van der Waals surface area contributed by atoms with Gasteiger partial charge in [0, 0.05) is 36.4 Å². The van der Waals surface area contributed by atoms with Gasteiger partial charge in [0.25, 0.3) is 0 Å². The Morgan fingerprint density at radius 1 is 1.35 bits per heavy atom. The van der Waals surface area contributed by atoms with Crippen LogP contribution in [0.1, 0.15) is 19.4 Å². The fraction of sp³-hybridized carbons (Fsp3) is 0.467. The topological polar surface area (TPSA) is 51.1 Å². The summed E-state index contributed by atoms with van der Waals surface area (Å²) in [5, 5.41) is 4.41. The normalized spacial score (nSPS) is 13.8. The highest BCUT2D eigenvalue weighted by atomic mass is 32.2. The van der Waals surface area contributed by atoms with E-state index in [0.717, 1.165) is 23.9 Å². The second-order valence-electron chi connectivity index (χ2n) is 5.38. The largest absolute Gasteiger partial charge is 0.350 e. The minimum atomic E-state index is -3.17. The Balaban J connectivity index is 2.49. The predicted octanol–water partition coefficient (Wildman–Crippen LogP) is 2.12. The van der Waals surface area contributed by atoms with E-state index in [1.807, 2.05) is 13.1 Å². The molecule has 0 saturated carbocycles. The van der Waals surface area contributed by atoms with Gasteiger partial charge in [-0.05, 0) is 43.7 Å². The summed E-state index contributed by atoms with van der Waals surface area (Å²) in [6, 6.07) is 5.72. The summed E-state index contributed by atoms with van der Waals surface area (Å²) >= 11 is 0. The molecule has 2 rings (SSSR count). The number of sulfone groups is 1. The summed E-state index contributed by atoms with van der Waals surface area (Å²) in [7, 11) is -1.18. The average molecular weight is 294 g/mol. The summed E-state index contributed by atoms with van der Waals surface area (Å²) in [6.07, 6.45) is 4.22. The number of hydrogen-bond donors (Lipinski definition) is 1. The van der Waals surface area contributed by atoms with E-state index < -0.39 is 9.84 Å². The molecule has 0 fully saturated rings. The van der Waals surface area contributed by atoms with Crippen LogP contribution in [-0.4, -0.2) is 31.8 Å². The Bertz CT molecular complexity index is 717. The number of hydrogen-bond acceptors (Lipinski definition) is 3. The van der Waals surface area contributed by atoms with Crippen molar-refractivity contribution in [3.8, 4) is 0 Å². The SMILES string of the molecule is CCNC(C)Cc1cn(C)c2ccc(S(C)(=O)=O)cc12. The Labute approximate surface area is 120 Å². The maximum atomic E-state index is 11.7. The second-order valence-corrected chi connectivity index (χ2v) is 7.39. The number of nitrogens with one attached hydrogen (secondary N) is 1. The van der Waals surface area contributed by atoms with Gasteiger partial charge < -0.3 is 9.88 Å². The number of aryl methyl sites for hydroxylation is 1. The van der Waals surface area contributed by atoms with Gasteiger partial charge in [-0.2, -0.15) is 0 Å². The Kier molecular flexibility index (Phi) is 4.20. The molecule has 2 aromatic rings. The molecule has 1 aromatic heterocycles. The maximum absolute atomic E-state index is 11.7. The lowest BCUT2D eigenvalue weighted by molar-refractivity contribution is 0.566. The smallest absolute Gasteiger partial charge is 0.175 e. The fourth-order valence-electron chi connectivity index (χ4n) is 2.60. The number of likely N-dealkylation sites (N-methyl/N-ethyl adjacent to an activating group) is 1. The van der Waals surface area contributed by atoms with Gasteiger partial charge in [0.05, 0.1) is 4.90 Å². The first-order valence-corrected chi connectivity index (χ1v) is 8.73. The summed E-state index contributed by atoms with van der Waals surface area (Å²) in [5.74, 6) is 0. The Hall–Kier alpha value is -1.33. The first-order valence-electron chi connectivity index (χ1n) is 6.84. The lowest BCUT2D eigenvalue weighted by atomic mass is 10.1. The van der Waals surface area contributed by atoms with Gasteiger partial charge in [-0.25, -0.2) is 8.42 Å². The van der Waals surface area contributed by atoms with Crippen LogP contribution in [0.5, 0.6) is 0 Å². The van der Waals surface area contributed by atoms with E-state index in [-0.39, 0.29) is 0 Å². The molecule has 4 nitrogen and oxygen atoms in total. The number of benzene rings is 1. The third kappa shape index (κ3) is 3.04. The quantitative estimate of drug-likeness (QED) is 0.919. The lowest BCUT2D eigenvalue weighted by Gasteiger charge is -2.11. The summed E-state index contributed by atoms with van der Waals surface area (Å²) in [6.45, 7) is 5.16. The van der Waals surface area contributed by atoms with E-state index in [1.54, 1.807) is 12.1 Å². The van der Waals surface area contributed by atoms with E-state index in [1.165, 1.54) is 11.8 Å². The van der Waals surface area contributed by atoms with Gasteiger partial charge >= 0.3 is 0 Å². The summed E-state index contributed by atoms with van der Waals surface area (Å²) in [5.41, 5.74) is 2.25. The molecule has 0 amide bonds. The molecule has 20 heavy (non-hydrogen) atoms. The van der Waals surface area contributed by atoms with Gasteiger partial charge in [-0.3, -0.25) is 0 Å². The van der Waals surface area contributed by atoms with Gasteiger partial charge in [0.1, 0.15) is 0 Å². The van der Waals surface area contributed by atoms with Crippen molar-refractivity contribution in [1.82, 2.24) is 9.88 Å². The summed E-state index contributed by atoms with van der Waals surface area (Å²) in [4.78, 5) is 0.383. The van der Waals surface area contributed by atoms with Crippen molar-refractivity contribution in [1.29, 1.82) is 0 Å². The maximum Gasteiger partial charge on any atom is 0.175 e. The van der Waals surface area contributed by atoms with E-state index in [4.69, 9.17) is 0 Å². The standard InChI is InChI=1S/C15H22N2O2S/c1-5-16-11(2)8-12-10-17(3)15-7-6-13(9-14(12)15)20(4,18)19/h6-7,9-11,16H,5,8H2,1-4H3. The zero-order chi connectivity index (χ0) is 14.9. The number of fused-ring (bicyclic) bond motifs is 1. The number of aromatic nitrogens is 1. The molecule has 1 unspecified atom stereocenters. The average Bonchev–Trinajstić information content (AvgIpc) is 2.65. The van der Waals surface area contributed by atoms with Crippen molar-refractivity contribution >= 4 is 20.7 Å². The minimum Gasteiger partial charge on any atom is -0.350 e. The predicted molar refractivity (Wildman–Crippen MR) is 82.9 cm³/mol. The molecule has 1 N–H and O–H groups in total. The number of nitrogens with zero attached hydrogens (tertiary/aromatic N) is 1. The molecule has 0 saturated heterocycles. The zero-order valence-corrected chi connectivity index (χ0v) is 13.3. The van der Waals surface area contributed by atoms with Crippen molar-refractivity contribution in [2.24, 2.45) is 7.05 Å². The molecular weight excluding hydrogens is 272 g/mol. The lowest BCUT2D eigenvalue weighted by Crippen LogP contribution is -2.27. The molecule has 5 heteroatoms. The van der Waals surface area contributed by atoms with Crippen LogP contribution in [-0.2, 0) is 23.3 Å². The van der Waals surface area contributed by atoms with Crippen molar-refractivity contribution in [3.63, 3.8) is 0 Å². The Morgan fingerprint density at radius 3 is 2.65 bits per heavy atom. The molecule has 0 aliphatic carbocycles. The first kappa shape index (κ1) is 15.1. The monoisotopic (exact) mass is 294 g/mol. The zero-order valence-electron chi connectivity index (χ0n) is 12.5. The van der Waals surface area contributed by atoms with Crippen LogP contribution < -0.4 is 5.32 Å². The molecule has 1 atom stereocenters. The van der Waals surface area contributed by atoms with Crippen LogP contribution in [0.25, 0.3) is 10.9 Å². The van der Waals surface area contributed by atoms with E-state index in [9.17, 15) is 8.42 Å². The molecule has 0 aliphatic rings. The highest BCUT2D eigenvalue weighted by Crippen LogP contribution is 2.25. The summed E-state index contributed by atoms with van der Waals surface area (Å²) < 4.78 is 25.5. The van der Waals surface area contributed by atoms with Crippen LogP contribution in [0.3, 0.4) is 0 Å². The van der Waals surface area contributed by atoms with Crippen molar-refractivity contribution in [2.75, 3.05) is 12.8 Å². The van der Waals surface area contributed by atoms with Crippen LogP contribution >= 0.6 is 0 Å². The van der Waals surface area contributed by atoms with Crippen molar-refractivity contribution < 1.29 is 8.42 Å². The second kappa shape index (κ2) is 5.58. The highest BCUT2D eigenvalue weighted by molar-refractivity contribution is 7.90. The minimum absolute atomic E-state index is 0.368. The van der Waals surface area contributed by atoms with Crippen molar-refractivity contribution in [3.05, 3.63) is 30.0 Å². The first-order chi connectivity index (χ1) is 9.32. The van der Waals surface area contributed by atoms with Gasteiger partial charge in [0.15, 0.2) is 9.84 Å². The third-order valence-electron chi connectivity index (χ3n) is 3.55. The van der Waals surface area contributed by atoms with Gasteiger partial charge in [-0.15, -0.1) is 0 Å². The molecule has 1 aromatic carbocycles. The molecule has 0 radical (unpaired) electrons. The van der Waals surface area contributed by atoms with E-state index >= 15 is 0 Å². The highest BCUT2D eigenvalue weighted by Gasteiger charge is 2.13. The molecule has 1 heterocycles. The van der Waals surface area contributed by atoms with Gasteiger partial charge in [-0.1, -0.05) is 6.92 Å². The molecule has 0 aliphatic heterocycles. The molecule has 110 valence electrons. The van der Waals surface area contributed by atoms with Crippen LogP contribution in [0, 0.1) is 0 Å². The molecule has 0 bridgehead atoms. The van der Waals surface area contributed by atoms with Crippen LogP contribution in [0.2, 0.25) is 0 Å². The van der Waals surface area contributed by atoms with E-state index in [2.05, 4.69) is 29.9 Å². The fourth-order valence-corrected chi connectivity index (χ4v) is 3.24. The van der Waals surface area contributed by atoms with Crippen LogP contribution in [0.4, 0.5) is 0 Å². The van der Waals surface area contributed by atoms with E-state index in [0.29, 0.717) is 10.9 Å². The Morgan fingerprint density at radius 2 is 2.05 bits per heavy atom. The molecule has 0 spiro atoms. The van der Waals surface area contributed by atoms with Crippen molar-refractivity contribution in [2.45, 2.75) is 31.2 Å². The number of rotatable bonds is 5. The molecular formula is C15H22N2O2S. The third-order valence-corrected chi connectivity index (χ3v) is 4.66.